The predicted octanol–water partition coefficient (Wildman–Crippen LogP) is 0.580. The lowest BCUT2D eigenvalue weighted by Crippen LogP contribution is -2.43. The molecule has 2 heterocycles. The Kier molecular flexibility index (Phi) is 5.20. The van der Waals surface area contributed by atoms with Crippen LogP contribution in [0.5, 0.6) is 5.75 Å². The van der Waals surface area contributed by atoms with Gasteiger partial charge in [0, 0.05) is 11.5 Å². The normalized spacial score (nSPS) is 21.3. The predicted molar refractivity (Wildman–Crippen MR) is 99.1 cm³/mol. The van der Waals surface area contributed by atoms with Gasteiger partial charge in [0.25, 0.3) is 0 Å². The van der Waals surface area contributed by atoms with Crippen LogP contribution in [0.2, 0.25) is 5.02 Å². The van der Waals surface area contributed by atoms with Crippen LogP contribution in [0.4, 0.5) is 0 Å². The first-order valence-corrected chi connectivity index (χ1v) is 10.3. The molecule has 2 atom stereocenters. The molecule has 2 N–H and O–H groups in total. The van der Waals surface area contributed by atoms with E-state index in [0.29, 0.717) is 21.7 Å². The summed E-state index contributed by atoms with van der Waals surface area (Å²) in [5.41, 5.74) is 0.261. The molecule has 0 bridgehead atoms. The summed E-state index contributed by atoms with van der Waals surface area (Å²) in [6, 6.07) is 2.19. The Labute approximate surface area is 160 Å². The van der Waals surface area contributed by atoms with E-state index in [1.807, 2.05) is 0 Å². The van der Waals surface area contributed by atoms with Crippen molar-refractivity contribution >= 4 is 38.3 Å². The minimum absolute atomic E-state index is 0.136. The molecule has 0 spiro atoms. The van der Waals surface area contributed by atoms with Crippen molar-refractivity contribution < 1.29 is 27.5 Å². The summed E-state index contributed by atoms with van der Waals surface area (Å²) < 4.78 is 33.4. The molecule has 1 aromatic heterocycles. The lowest BCUT2D eigenvalue weighted by molar-refractivity contribution is -0.121. The Morgan fingerprint density at radius 2 is 2.11 bits per heavy atom. The molecule has 0 unspecified atom stereocenters. The zero-order chi connectivity index (χ0) is 19.9. The molecule has 10 heteroatoms. The molecule has 0 saturated carbocycles. The Balaban J connectivity index is 1.88. The lowest BCUT2D eigenvalue weighted by Gasteiger charge is -2.15. The van der Waals surface area contributed by atoms with Crippen molar-refractivity contribution in [3.8, 4) is 5.75 Å². The number of hydrogen-bond donors (Lipinski definition) is 2. The average Bonchev–Trinajstić information content (AvgIpc) is 2.83. The number of nitrogens with one attached hydrogen (secondary N) is 1. The van der Waals surface area contributed by atoms with E-state index in [1.165, 1.54) is 13.2 Å². The number of fused-ring (bicyclic) bond motifs is 1. The highest BCUT2D eigenvalue weighted by Crippen LogP contribution is 2.31. The van der Waals surface area contributed by atoms with Gasteiger partial charge in [-0.05, 0) is 18.6 Å². The van der Waals surface area contributed by atoms with Crippen molar-refractivity contribution in [3.63, 3.8) is 0 Å². The first kappa shape index (κ1) is 19.7. The minimum Gasteiger partial charge on any atom is -0.495 e. The molecule has 2 aromatic rings. The molecule has 1 amide bonds. The average molecular weight is 416 g/mol. The summed E-state index contributed by atoms with van der Waals surface area (Å²) in [5, 5.41) is 13.1. The van der Waals surface area contributed by atoms with E-state index in [-0.39, 0.29) is 23.3 Å². The molecule has 0 aliphatic carbocycles. The molecule has 27 heavy (non-hydrogen) atoms. The molecule has 8 nitrogen and oxygen atoms in total. The topological polar surface area (TPSA) is 123 Å². The quantitative estimate of drug-likeness (QED) is 0.700. The number of ether oxygens (including phenoxy) is 1. The van der Waals surface area contributed by atoms with Gasteiger partial charge in [0.05, 0.1) is 47.8 Å². The Bertz CT molecular complexity index is 1080. The molecule has 1 aliphatic heterocycles. The van der Waals surface area contributed by atoms with Gasteiger partial charge in [-0.25, -0.2) is 13.2 Å². The SMILES string of the molecule is COc1cc2oc(=O)c(CC(=O)N[C@H]3CS(=O)(=O)C[C@H]3O)c(C)c2cc1Cl. The molecule has 3 rings (SSSR count). The van der Waals surface area contributed by atoms with Gasteiger partial charge in [0.2, 0.25) is 5.91 Å². The Hall–Kier alpha value is -2.10. The summed E-state index contributed by atoms with van der Waals surface area (Å²) in [7, 11) is -1.95. The zero-order valence-electron chi connectivity index (χ0n) is 14.6. The third kappa shape index (κ3) is 3.95. The molecule has 1 saturated heterocycles. The van der Waals surface area contributed by atoms with Gasteiger partial charge < -0.3 is 19.6 Å². The van der Waals surface area contributed by atoms with Crippen LogP contribution in [0.1, 0.15) is 11.1 Å². The van der Waals surface area contributed by atoms with Crippen LogP contribution >= 0.6 is 11.6 Å². The maximum atomic E-state index is 12.3. The number of amides is 1. The summed E-state index contributed by atoms with van der Waals surface area (Å²) >= 11 is 6.12. The summed E-state index contributed by atoms with van der Waals surface area (Å²) in [6.45, 7) is 1.67. The van der Waals surface area contributed by atoms with Gasteiger partial charge >= 0.3 is 5.63 Å². The third-order valence-corrected chi connectivity index (χ3v) is 6.58. The lowest BCUT2D eigenvalue weighted by atomic mass is 10.0. The first-order chi connectivity index (χ1) is 12.6. The van der Waals surface area contributed by atoms with E-state index in [9.17, 15) is 23.1 Å². The summed E-state index contributed by atoms with van der Waals surface area (Å²) in [5.74, 6) is -0.949. The number of carbonyl (C=O) groups is 1. The van der Waals surface area contributed by atoms with E-state index >= 15 is 0 Å². The number of halogens is 1. The number of aryl methyl sites for hydroxylation is 1. The van der Waals surface area contributed by atoms with Gasteiger partial charge in [-0.3, -0.25) is 4.79 Å². The Morgan fingerprint density at radius 1 is 1.41 bits per heavy atom. The van der Waals surface area contributed by atoms with Crippen LogP contribution in [-0.2, 0) is 21.1 Å². The van der Waals surface area contributed by atoms with Crippen molar-refractivity contribution in [2.45, 2.75) is 25.5 Å². The fraction of sp³-hybridized carbons (Fsp3) is 0.412. The van der Waals surface area contributed by atoms with Crippen LogP contribution in [0.25, 0.3) is 11.0 Å². The maximum Gasteiger partial charge on any atom is 0.340 e. The largest absolute Gasteiger partial charge is 0.495 e. The molecular formula is C17H18ClNO7S. The highest BCUT2D eigenvalue weighted by molar-refractivity contribution is 7.91. The number of rotatable bonds is 4. The van der Waals surface area contributed by atoms with Crippen molar-refractivity contribution in [3.05, 3.63) is 38.7 Å². The second-order valence-corrected chi connectivity index (χ2v) is 9.03. The molecule has 146 valence electrons. The van der Waals surface area contributed by atoms with Crippen molar-refractivity contribution in [1.29, 1.82) is 0 Å². The van der Waals surface area contributed by atoms with Crippen LogP contribution in [0.3, 0.4) is 0 Å². The number of hydrogen-bond acceptors (Lipinski definition) is 7. The van der Waals surface area contributed by atoms with Gasteiger partial charge in [-0.1, -0.05) is 11.6 Å². The van der Waals surface area contributed by atoms with Gasteiger partial charge in [-0.15, -0.1) is 0 Å². The van der Waals surface area contributed by atoms with E-state index in [2.05, 4.69) is 5.32 Å². The summed E-state index contributed by atoms with van der Waals surface area (Å²) in [6.07, 6.45) is -1.48. The number of methoxy groups -OCH3 is 1. The highest BCUT2D eigenvalue weighted by atomic mass is 35.5. The zero-order valence-corrected chi connectivity index (χ0v) is 16.2. The monoisotopic (exact) mass is 415 g/mol. The number of aliphatic hydroxyl groups is 1. The van der Waals surface area contributed by atoms with Crippen LogP contribution in [-0.4, -0.2) is 50.2 Å². The van der Waals surface area contributed by atoms with Crippen LogP contribution < -0.4 is 15.7 Å². The van der Waals surface area contributed by atoms with Crippen LogP contribution in [0, 0.1) is 6.92 Å². The van der Waals surface area contributed by atoms with E-state index in [0.717, 1.165) is 0 Å². The van der Waals surface area contributed by atoms with Gasteiger partial charge in [0.1, 0.15) is 11.3 Å². The fourth-order valence-electron chi connectivity index (χ4n) is 3.14. The number of aliphatic hydroxyl groups excluding tert-OH is 1. The van der Waals surface area contributed by atoms with Gasteiger partial charge in [0.15, 0.2) is 9.84 Å². The van der Waals surface area contributed by atoms with Crippen molar-refractivity contribution in [2.24, 2.45) is 0 Å². The molecule has 1 aromatic carbocycles. The Morgan fingerprint density at radius 3 is 2.70 bits per heavy atom. The van der Waals surface area contributed by atoms with Gasteiger partial charge in [-0.2, -0.15) is 0 Å². The standard InChI is InChI=1S/C17H18ClNO7S/c1-8-9-3-11(18)15(25-2)5-14(9)26-17(22)10(8)4-16(21)19-12-6-27(23,24)7-13(12)20/h3,5,12-13,20H,4,6-7H2,1-2H3,(H,19,21)/t12-,13+/m0/s1. The minimum atomic E-state index is -3.39. The number of sulfone groups is 1. The molecule has 0 radical (unpaired) electrons. The van der Waals surface area contributed by atoms with E-state index in [1.54, 1.807) is 13.0 Å². The van der Waals surface area contributed by atoms with Crippen molar-refractivity contribution in [1.82, 2.24) is 5.32 Å². The summed E-state index contributed by atoms with van der Waals surface area (Å²) in [4.78, 5) is 24.6. The number of carbonyl (C=O) groups excluding carboxylic acids is 1. The maximum absolute atomic E-state index is 12.3. The van der Waals surface area contributed by atoms with Crippen LogP contribution in [0.15, 0.2) is 21.3 Å². The van der Waals surface area contributed by atoms with Crippen molar-refractivity contribution in [2.75, 3.05) is 18.6 Å². The first-order valence-electron chi connectivity index (χ1n) is 8.09. The smallest absolute Gasteiger partial charge is 0.340 e. The molecular weight excluding hydrogens is 398 g/mol. The second-order valence-electron chi connectivity index (χ2n) is 6.47. The molecule has 1 fully saturated rings. The number of benzene rings is 1. The van der Waals surface area contributed by atoms with E-state index in [4.69, 9.17) is 20.8 Å². The van der Waals surface area contributed by atoms with E-state index < -0.39 is 39.3 Å². The molecule has 1 aliphatic rings. The second kappa shape index (κ2) is 7.14. The fourth-order valence-corrected chi connectivity index (χ4v) is 5.12. The highest BCUT2D eigenvalue weighted by Gasteiger charge is 2.37. The third-order valence-electron chi connectivity index (χ3n) is 4.57.